The number of furan rings is 1. The van der Waals surface area contributed by atoms with Crippen molar-refractivity contribution in [3.63, 3.8) is 0 Å². The fourth-order valence-electron chi connectivity index (χ4n) is 2.11. The predicted molar refractivity (Wildman–Crippen MR) is 69.1 cm³/mol. The molecule has 1 aromatic heterocycles. The van der Waals surface area contributed by atoms with E-state index in [1.165, 1.54) is 0 Å². The number of methoxy groups -OCH3 is 1. The summed E-state index contributed by atoms with van der Waals surface area (Å²) < 4.78 is 10.7. The second-order valence-electron chi connectivity index (χ2n) is 4.54. The lowest BCUT2D eigenvalue weighted by atomic mass is 10.1. The van der Waals surface area contributed by atoms with Crippen LogP contribution in [-0.2, 0) is 9.53 Å². The van der Waals surface area contributed by atoms with Gasteiger partial charge in [0.1, 0.15) is 11.5 Å². The van der Waals surface area contributed by atoms with Crippen LogP contribution in [0, 0.1) is 6.92 Å². The molecule has 2 rings (SSSR count). The number of amides is 1. The van der Waals surface area contributed by atoms with Gasteiger partial charge in [0.05, 0.1) is 6.10 Å². The SMILES string of the molecule is COC1CCN(C(=O)/C=C/c2ccc(C)o2)CC1. The van der Waals surface area contributed by atoms with Crippen molar-refractivity contribution in [1.82, 2.24) is 4.90 Å². The van der Waals surface area contributed by atoms with E-state index in [0.717, 1.165) is 31.7 Å². The first-order valence-electron chi connectivity index (χ1n) is 6.25. The number of nitrogens with zero attached hydrogens (tertiary/aromatic N) is 1. The van der Waals surface area contributed by atoms with Gasteiger partial charge in [0.2, 0.25) is 5.91 Å². The van der Waals surface area contributed by atoms with Crippen molar-refractivity contribution in [3.05, 3.63) is 29.7 Å². The summed E-state index contributed by atoms with van der Waals surface area (Å²) in [5.74, 6) is 1.61. The Balaban J connectivity index is 1.87. The Morgan fingerprint density at radius 3 is 2.72 bits per heavy atom. The number of piperidine rings is 1. The predicted octanol–water partition coefficient (Wildman–Crippen LogP) is 2.24. The third-order valence-corrected chi connectivity index (χ3v) is 3.24. The topological polar surface area (TPSA) is 42.7 Å². The van der Waals surface area contributed by atoms with Gasteiger partial charge in [0.25, 0.3) is 0 Å². The Morgan fingerprint density at radius 2 is 2.17 bits per heavy atom. The zero-order chi connectivity index (χ0) is 13.0. The van der Waals surface area contributed by atoms with Crippen molar-refractivity contribution in [1.29, 1.82) is 0 Å². The van der Waals surface area contributed by atoms with E-state index >= 15 is 0 Å². The Morgan fingerprint density at radius 1 is 1.44 bits per heavy atom. The van der Waals surface area contributed by atoms with Crippen molar-refractivity contribution in [2.24, 2.45) is 0 Å². The molecule has 0 saturated carbocycles. The van der Waals surface area contributed by atoms with Crippen LogP contribution < -0.4 is 0 Å². The Labute approximate surface area is 107 Å². The molecule has 0 radical (unpaired) electrons. The minimum Gasteiger partial charge on any atom is -0.462 e. The molecule has 0 atom stereocenters. The molecule has 1 amide bonds. The summed E-state index contributed by atoms with van der Waals surface area (Å²) in [5, 5.41) is 0. The highest BCUT2D eigenvalue weighted by Gasteiger charge is 2.20. The molecule has 0 N–H and O–H groups in total. The number of carbonyl (C=O) groups is 1. The molecule has 1 aliphatic rings. The van der Waals surface area contributed by atoms with E-state index in [2.05, 4.69) is 0 Å². The molecule has 0 unspecified atom stereocenters. The zero-order valence-corrected chi connectivity index (χ0v) is 10.9. The van der Waals surface area contributed by atoms with Crippen LogP contribution in [0.25, 0.3) is 6.08 Å². The summed E-state index contributed by atoms with van der Waals surface area (Å²) in [6.07, 6.45) is 5.42. The Hall–Kier alpha value is -1.55. The number of likely N-dealkylation sites (tertiary alicyclic amines) is 1. The molecule has 1 aliphatic heterocycles. The normalized spacial score (nSPS) is 17.6. The molecule has 4 heteroatoms. The maximum atomic E-state index is 11.9. The number of hydrogen-bond acceptors (Lipinski definition) is 3. The number of ether oxygens (including phenoxy) is 1. The summed E-state index contributed by atoms with van der Waals surface area (Å²) in [6, 6.07) is 3.74. The molecule has 0 aliphatic carbocycles. The van der Waals surface area contributed by atoms with Gasteiger partial charge in [-0.25, -0.2) is 0 Å². The van der Waals surface area contributed by atoms with E-state index in [-0.39, 0.29) is 5.91 Å². The molecule has 1 aromatic rings. The molecule has 0 spiro atoms. The highest BCUT2D eigenvalue weighted by atomic mass is 16.5. The van der Waals surface area contributed by atoms with Crippen molar-refractivity contribution in [3.8, 4) is 0 Å². The van der Waals surface area contributed by atoms with Gasteiger partial charge in [-0.05, 0) is 38.0 Å². The van der Waals surface area contributed by atoms with E-state index in [1.807, 2.05) is 24.0 Å². The highest BCUT2D eigenvalue weighted by Crippen LogP contribution is 2.14. The second-order valence-corrected chi connectivity index (χ2v) is 4.54. The maximum absolute atomic E-state index is 11.9. The van der Waals surface area contributed by atoms with Crippen LogP contribution in [0.3, 0.4) is 0 Å². The smallest absolute Gasteiger partial charge is 0.246 e. The lowest BCUT2D eigenvalue weighted by Crippen LogP contribution is -2.39. The molecule has 1 saturated heterocycles. The highest BCUT2D eigenvalue weighted by molar-refractivity contribution is 5.91. The lowest BCUT2D eigenvalue weighted by molar-refractivity contribution is -0.128. The van der Waals surface area contributed by atoms with Gasteiger partial charge in [-0.15, -0.1) is 0 Å². The van der Waals surface area contributed by atoms with Gasteiger partial charge in [-0.2, -0.15) is 0 Å². The number of carbonyl (C=O) groups excluding carboxylic acids is 1. The fraction of sp³-hybridized carbons (Fsp3) is 0.500. The van der Waals surface area contributed by atoms with Crippen LogP contribution in [0.1, 0.15) is 24.4 Å². The number of hydrogen-bond donors (Lipinski definition) is 0. The Bertz CT molecular complexity index is 428. The molecule has 0 bridgehead atoms. The van der Waals surface area contributed by atoms with E-state index in [9.17, 15) is 4.79 Å². The van der Waals surface area contributed by atoms with Gasteiger partial charge in [0.15, 0.2) is 0 Å². The first kappa shape index (κ1) is 12.9. The first-order valence-corrected chi connectivity index (χ1v) is 6.25. The molecular formula is C14H19NO3. The van der Waals surface area contributed by atoms with E-state index in [1.54, 1.807) is 19.3 Å². The summed E-state index contributed by atoms with van der Waals surface area (Å²) in [4.78, 5) is 13.8. The minimum atomic E-state index is 0.0404. The second kappa shape index (κ2) is 5.87. The largest absolute Gasteiger partial charge is 0.462 e. The van der Waals surface area contributed by atoms with Gasteiger partial charge in [-0.1, -0.05) is 0 Å². The average Bonchev–Trinajstić information content (AvgIpc) is 2.82. The van der Waals surface area contributed by atoms with Crippen LogP contribution >= 0.6 is 0 Å². The quantitative estimate of drug-likeness (QED) is 0.771. The van der Waals surface area contributed by atoms with Crippen LogP contribution in [0.4, 0.5) is 0 Å². The van der Waals surface area contributed by atoms with E-state index in [0.29, 0.717) is 11.9 Å². The van der Waals surface area contributed by atoms with Crippen molar-refractivity contribution in [2.45, 2.75) is 25.9 Å². The minimum absolute atomic E-state index is 0.0404. The maximum Gasteiger partial charge on any atom is 0.246 e. The fourth-order valence-corrected chi connectivity index (χ4v) is 2.11. The summed E-state index contributed by atoms with van der Waals surface area (Å²) in [6.45, 7) is 3.41. The first-order chi connectivity index (χ1) is 8.69. The number of aryl methyl sites for hydroxylation is 1. The molecule has 0 aromatic carbocycles. The van der Waals surface area contributed by atoms with Crippen molar-refractivity contribution in [2.75, 3.05) is 20.2 Å². The molecule has 2 heterocycles. The average molecular weight is 249 g/mol. The van der Waals surface area contributed by atoms with Gasteiger partial charge >= 0.3 is 0 Å². The van der Waals surface area contributed by atoms with Crippen molar-refractivity contribution >= 4 is 12.0 Å². The van der Waals surface area contributed by atoms with E-state index < -0.39 is 0 Å². The molecule has 4 nitrogen and oxygen atoms in total. The summed E-state index contributed by atoms with van der Waals surface area (Å²) in [7, 11) is 1.72. The molecular weight excluding hydrogens is 230 g/mol. The summed E-state index contributed by atoms with van der Waals surface area (Å²) >= 11 is 0. The van der Waals surface area contributed by atoms with Gasteiger partial charge in [-0.3, -0.25) is 4.79 Å². The van der Waals surface area contributed by atoms with Gasteiger partial charge in [0, 0.05) is 26.3 Å². The van der Waals surface area contributed by atoms with Gasteiger partial charge < -0.3 is 14.1 Å². The monoisotopic (exact) mass is 249 g/mol. The number of rotatable bonds is 3. The van der Waals surface area contributed by atoms with Crippen LogP contribution in [0.15, 0.2) is 22.6 Å². The van der Waals surface area contributed by atoms with E-state index in [4.69, 9.17) is 9.15 Å². The van der Waals surface area contributed by atoms with Crippen molar-refractivity contribution < 1.29 is 13.9 Å². The summed E-state index contributed by atoms with van der Waals surface area (Å²) in [5.41, 5.74) is 0. The molecule has 18 heavy (non-hydrogen) atoms. The third kappa shape index (κ3) is 3.23. The standard InChI is InChI=1S/C14H19NO3/c1-11-3-4-13(18-11)5-6-14(16)15-9-7-12(17-2)8-10-15/h3-6,12H,7-10H2,1-2H3/b6-5+. The third-order valence-electron chi connectivity index (χ3n) is 3.24. The molecule has 98 valence electrons. The molecule has 1 fully saturated rings. The zero-order valence-electron chi connectivity index (χ0n) is 10.9. The lowest BCUT2D eigenvalue weighted by Gasteiger charge is -2.30. The van der Waals surface area contributed by atoms with Crippen LogP contribution in [0.2, 0.25) is 0 Å². The van der Waals surface area contributed by atoms with Crippen LogP contribution in [0.5, 0.6) is 0 Å². The Kier molecular flexibility index (Phi) is 4.20. The van der Waals surface area contributed by atoms with Crippen LogP contribution in [-0.4, -0.2) is 37.1 Å².